The maximum absolute atomic E-state index is 5.94. The zero-order chi connectivity index (χ0) is 20.2. The summed E-state index contributed by atoms with van der Waals surface area (Å²) >= 11 is 7.81. The van der Waals surface area contributed by atoms with Gasteiger partial charge in [-0.05, 0) is 93.4 Å². The highest BCUT2D eigenvalue weighted by atomic mass is 35.5. The van der Waals surface area contributed by atoms with E-state index in [-0.39, 0.29) is 0 Å². The average molecular weight is 428 g/mol. The fraction of sp³-hybridized carbons (Fsp3) is 0.391. The quantitative estimate of drug-likeness (QED) is 0.445. The number of hydrogen-bond donors (Lipinski definition) is 0. The van der Waals surface area contributed by atoms with Gasteiger partial charge in [0, 0.05) is 21.5 Å². The van der Waals surface area contributed by atoms with Crippen molar-refractivity contribution in [2.24, 2.45) is 11.8 Å². The Balaban J connectivity index is 1.35. The number of hydrogen-bond acceptors (Lipinski definition) is 5. The second-order valence-corrected chi connectivity index (χ2v) is 9.34. The molecule has 0 aliphatic heterocycles. The van der Waals surface area contributed by atoms with Crippen molar-refractivity contribution >= 4 is 29.0 Å². The first-order valence-corrected chi connectivity index (χ1v) is 11.3. The van der Waals surface area contributed by atoms with E-state index >= 15 is 0 Å². The Morgan fingerprint density at radius 1 is 1.14 bits per heavy atom. The van der Waals surface area contributed by atoms with Crippen LogP contribution in [0.1, 0.15) is 42.5 Å². The fourth-order valence-corrected chi connectivity index (χ4v) is 5.40. The molecule has 4 nitrogen and oxygen atoms in total. The van der Waals surface area contributed by atoms with Crippen LogP contribution in [0.15, 0.2) is 52.4 Å². The van der Waals surface area contributed by atoms with Crippen LogP contribution in [0, 0.1) is 11.8 Å². The molecule has 1 aromatic carbocycles. The van der Waals surface area contributed by atoms with Gasteiger partial charge in [-0.1, -0.05) is 28.9 Å². The molecule has 1 atom stereocenters. The summed E-state index contributed by atoms with van der Waals surface area (Å²) in [6.45, 7) is 0. The van der Waals surface area contributed by atoms with Gasteiger partial charge in [0.05, 0.1) is 0 Å². The summed E-state index contributed by atoms with van der Waals surface area (Å²) in [5.41, 5.74) is 0.904. The third kappa shape index (κ3) is 4.97. The summed E-state index contributed by atoms with van der Waals surface area (Å²) in [6, 6.07) is 12.4. The molecule has 2 heterocycles. The molecular weight excluding hydrogens is 402 g/mol. The Labute approximate surface area is 181 Å². The molecule has 1 aliphatic rings. The Bertz CT molecular complexity index is 925. The SMILES string of the molecule is CN(C)C(c1cccs1)C1CCC(C=Cc2nc(-c3ccc(Cl)cc3)no2)CC1. The van der Waals surface area contributed by atoms with Crippen molar-refractivity contribution in [3.8, 4) is 11.4 Å². The summed E-state index contributed by atoms with van der Waals surface area (Å²) in [7, 11) is 4.40. The molecule has 1 fully saturated rings. The lowest BCUT2D eigenvalue weighted by Crippen LogP contribution is -2.29. The predicted octanol–water partition coefficient (Wildman–Crippen LogP) is 6.57. The van der Waals surface area contributed by atoms with Crippen LogP contribution in [-0.4, -0.2) is 29.1 Å². The Kier molecular flexibility index (Phi) is 6.48. The second kappa shape index (κ2) is 9.24. The van der Waals surface area contributed by atoms with Gasteiger partial charge < -0.3 is 9.42 Å². The lowest BCUT2D eigenvalue weighted by molar-refractivity contribution is 0.162. The van der Waals surface area contributed by atoms with E-state index in [1.165, 1.54) is 30.6 Å². The van der Waals surface area contributed by atoms with Crippen LogP contribution in [0.2, 0.25) is 5.02 Å². The molecule has 4 rings (SSSR count). The Hall–Kier alpha value is -1.95. The standard InChI is InChI=1S/C23H26ClN3OS/c1-27(2)22(20-4-3-15-29-20)17-8-5-16(6-9-17)7-14-21-25-23(26-28-21)18-10-12-19(24)13-11-18/h3-4,7,10-17,22H,5-6,8-9H2,1-2H3. The molecule has 6 heteroatoms. The third-order valence-electron chi connectivity index (χ3n) is 5.71. The highest BCUT2D eigenvalue weighted by molar-refractivity contribution is 7.10. The Morgan fingerprint density at radius 2 is 1.90 bits per heavy atom. The maximum atomic E-state index is 5.94. The molecule has 1 saturated carbocycles. The van der Waals surface area contributed by atoms with Crippen molar-refractivity contribution in [1.29, 1.82) is 0 Å². The number of benzene rings is 1. The van der Waals surface area contributed by atoms with Gasteiger partial charge in [0.15, 0.2) is 0 Å². The molecule has 1 aliphatic carbocycles. The van der Waals surface area contributed by atoms with Crippen LogP contribution in [0.25, 0.3) is 17.5 Å². The normalized spacial score (nSPS) is 21.1. The van der Waals surface area contributed by atoms with Crippen LogP contribution in [0.5, 0.6) is 0 Å². The molecule has 3 aromatic rings. The summed E-state index contributed by atoms with van der Waals surface area (Å²) < 4.78 is 5.39. The summed E-state index contributed by atoms with van der Waals surface area (Å²) in [4.78, 5) is 8.34. The highest BCUT2D eigenvalue weighted by Gasteiger charge is 2.29. The number of allylic oxidation sites excluding steroid dienone is 1. The molecule has 152 valence electrons. The van der Waals surface area contributed by atoms with Gasteiger partial charge in [0.2, 0.25) is 5.82 Å². The topological polar surface area (TPSA) is 42.2 Å². The van der Waals surface area contributed by atoms with E-state index < -0.39 is 0 Å². The van der Waals surface area contributed by atoms with E-state index in [4.69, 9.17) is 16.1 Å². The van der Waals surface area contributed by atoms with Crippen molar-refractivity contribution in [2.45, 2.75) is 31.7 Å². The molecule has 0 bridgehead atoms. The molecule has 1 unspecified atom stereocenters. The van der Waals surface area contributed by atoms with Gasteiger partial charge >= 0.3 is 0 Å². The Morgan fingerprint density at radius 3 is 2.55 bits per heavy atom. The fourth-order valence-electron chi connectivity index (χ4n) is 4.26. The zero-order valence-electron chi connectivity index (χ0n) is 16.8. The van der Waals surface area contributed by atoms with Gasteiger partial charge in [-0.3, -0.25) is 0 Å². The molecule has 0 N–H and O–H groups in total. The van der Waals surface area contributed by atoms with Gasteiger partial charge in [0.25, 0.3) is 5.89 Å². The first-order valence-electron chi connectivity index (χ1n) is 10.1. The molecule has 0 spiro atoms. The smallest absolute Gasteiger partial charge is 0.250 e. The van der Waals surface area contributed by atoms with Gasteiger partial charge in [-0.15, -0.1) is 11.3 Å². The number of halogens is 1. The minimum absolute atomic E-state index is 0.526. The van der Waals surface area contributed by atoms with Crippen LogP contribution in [0.4, 0.5) is 0 Å². The summed E-state index contributed by atoms with van der Waals surface area (Å²) in [6.07, 6.45) is 9.11. The van der Waals surface area contributed by atoms with E-state index in [0.29, 0.717) is 34.6 Å². The van der Waals surface area contributed by atoms with E-state index in [9.17, 15) is 0 Å². The van der Waals surface area contributed by atoms with E-state index in [0.717, 1.165) is 5.56 Å². The molecular formula is C23H26ClN3OS. The largest absolute Gasteiger partial charge is 0.334 e. The number of thiophene rings is 1. The lowest BCUT2D eigenvalue weighted by Gasteiger charge is -2.36. The zero-order valence-corrected chi connectivity index (χ0v) is 18.4. The van der Waals surface area contributed by atoms with Crippen LogP contribution < -0.4 is 0 Å². The van der Waals surface area contributed by atoms with Crippen molar-refractivity contribution < 1.29 is 4.52 Å². The van der Waals surface area contributed by atoms with Gasteiger partial charge in [-0.2, -0.15) is 4.98 Å². The molecule has 0 amide bonds. The van der Waals surface area contributed by atoms with Crippen molar-refractivity contribution in [2.75, 3.05) is 14.1 Å². The third-order valence-corrected chi connectivity index (χ3v) is 6.90. The van der Waals surface area contributed by atoms with Crippen molar-refractivity contribution in [3.63, 3.8) is 0 Å². The molecule has 2 aromatic heterocycles. The average Bonchev–Trinajstić information content (AvgIpc) is 3.40. The second-order valence-electron chi connectivity index (χ2n) is 7.92. The predicted molar refractivity (Wildman–Crippen MR) is 120 cm³/mol. The lowest BCUT2D eigenvalue weighted by atomic mass is 9.77. The van der Waals surface area contributed by atoms with Crippen molar-refractivity contribution in [1.82, 2.24) is 15.0 Å². The van der Waals surface area contributed by atoms with E-state index in [1.807, 2.05) is 41.7 Å². The monoisotopic (exact) mass is 427 g/mol. The van der Waals surface area contributed by atoms with E-state index in [2.05, 4.69) is 52.7 Å². The van der Waals surface area contributed by atoms with Crippen LogP contribution in [0.3, 0.4) is 0 Å². The minimum atomic E-state index is 0.526. The molecule has 0 saturated heterocycles. The number of nitrogens with zero attached hydrogens (tertiary/aromatic N) is 3. The summed E-state index contributed by atoms with van der Waals surface area (Å²) in [5, 5.41) is 6.96. The van der Waals surface area contributed by atoms with Gasteiger partial charge in [-0.25, -0.2) is 0 Å². The first kappa shape index (κ1) is 20.3. The highest BCUT2D eigenvalue weighted by Crippen LogP contribution is 2.41. The molecule has 29 heavy (non-hydrogen) atoms. The van der Waals surface area contributed by atoms with E-state index in [1.54, 1.807) is 0 Å². The van der Waals surface area contributed by atoms with Crippen LogP contribution >= 0.6 is 22.9 Å². The van der Waals surface area contributed by atoms with Crippen molar-refractivity contribution in [3.05, 3.63) is 63.6 Å². The van der Waals surface area contributed by atoms with Crippen LogP contribution in [-0.2, 0) is 0 Å². The van der Waals surface area contributed by atoms with Gasteiger partial charge in [0.1, 0.15) is 0 Å². The maximum Gasteiger partial charge on any atom is 0.250 e. The number of rotatable bonds is 6. The first-order chi connectivity index (χ1) is 14.1. The molecule has 0 radical (unpaired) electrons. The number of aromatic nitrogens is 2. The summed E-state index contributed by atoms with van der Waals surface area (Å²) in [5.74, 6) is 2.44. The minimum Gasteiger partial charge on any atom is -0.334 e.